The zero-order valence-electron chi connectivity index (χ0n) is 14.6. The Morgan fingerprint density at radius 2 is 2.00 bits per heavy atom. The SMILES string of the molecule is CCCNC(=O)c1cccc(CNc2cc(C#N)nc3ccccc23)c1. The standard InChI is InChI=1S/C21H20N4O/c1-2-10-23-21(26)16-7-5-6-15(11-16)14-24-20-12-17(13-22)25-19-9-4-3-8-18(19)20/h3-9,11-12H,2,10,14H2,1H3,(H,23,26)(H,24,25). The molecule has 0 bridgehead atoms. The van der Waals surface area contributed by atoms with Gasteiger partial charge in [-0.05, 0) is 36.2 Å². The van der Waals surface area contributed by atoms with Crippen LogP contribution in [0.4, 0.5) is 5.69 Å². The molecule has 0 unspecified atom stereocenters. The Morgan fingerprint density at radius 1 is 1.15 bits per heavy atom. The number of para-hydroxylation sites is 1. The number of nitriles is 1. The number of anilines is 1. The molecule has 2 N–H and O–H groups in total. The fraction of sp³-hybridized carbons (Fsp3) is 0.190. The number of aromatic nitrogens is 1. The van der Waals surface area contributed by atoms with Gasteiger partial charge in [0.1, 0.15) is 11.8 Å². The average Bonchev–Trinajstić information content (AvgIpc) is 2.70. The van der Waals surface area contributed by atoms with Crippen LogP contribution in [0.25, 0.3) is 10.9 Å². The number of hydrogen-bond donors (Lipinski definition) is 2. The highest BCUT2D eigenvalue weighted by Gasteiger charge is 2.07. The molecule has 3 rings (SSSR count). The van der Waals surface area contributed by atoms with Crippen LogP contribution in [0.1, 0.15) is 35.0 Å². The molecule has 5 heteroatoms. The van der Waals surface area contributed by atoms with Crippen LogP contribution in [-0.2, 0) is 6.54 Å². The maximum absolute atomic E-state index is 12.1. The highest BCUT2D eigenvalue weighted by Crippen LogP contribution is 2.23. The van der Waals surface area contributed by atoms with Gasteiger partial charge in [0.25, 0.3) is 5.91 Å². The van der Waals surface area contributed by atoms with Crippen molar-refractivity contribution in [1.82, 2.24) is 10.3 Å². The van der Waals surface area contributed by atoms with Crippen LogP contribution < -0.4 is 10.6 Å². The highest BCUT2D eigenvalue weighted by atomic mass is 16.1. The van der Waals surface area contributed by atoms with Gasteiger partial charge in [-0.3, -0.25) is 4.79 Å². The van der Waals surface area contributed by atoms with Crippen LogP contribution in [0.5, 0.6) is 0 Å². The number of nitrogens with zero attached hydrogens (tertiary/aromatic N) is 2. The summed E-state index contributed by atoms with van der Waals surface area (Å²) in [5.41, 5.74) is 3.65. The van der Waals surface area contributed by atoms with E-state index in [2.05, 4.69) is 21.7 Å². The van der Waals surface area contributed by atoms with Gasteiger partial charge in [-0.15, -0.1) is 0 Å². The van der Waals surface area contributed by atoms with Crippen molar-refractivity contribution in [2.45, 2.75) is 19.9 Å². The number of nitrogens with one attached hydrogen (secondary N) is 2. The van der Waals surface area contributed by atoms with Crippen LogP contribution in [0, 0.1) is 11.3 Å². The van der Waals surface area contributed by atoms with E-state index in [-0.39, 0.29) is 5.91 Å². The summed E-state index contributed by atoms with van der Waals surface area (Å²) in [5.74, 6) is -0.0603. The lowest BCUT2D eigenvalue weighted by atomic mass is 10.1. The van der Waals surface area contributed by atoms with Crippen molar-refractivity contribution < 1.29 is 4.79 Å². The molecule has 0 atom stereocenters. The number of carbonyl (C=O) groups is 1. The third kappa shape index (κ3) is 3.98. The van der Waals surface area contributed by atoms with Crippen molar-refractivity contribution in [3.05, 3.63) is 71.4 Å². The summed E-state index contributed by atoms with van der Waals surface area (Å²) in [6, 6.07) is 19.1. The third-order valence-electron chi connectivity index (χ3n) is 4.04. The number of hydrogen-bond acceptors (Lipinski definition) is 4. The number of amides is 1. The predicted molar refractivity (Wildman–Crippen MR) is 103 cm³/mol. The minimum absolute atomic E-state index is 0.0603. The molecule has 0 radical (unpaired) electrons. The van der Waals surface area contributed by atoms with Gasteiger partial charge in [-0.25, -0.2) is 4.98 Å². The quantitative estimate of drug-likeness (QED) is 0.712. The Bertz CT molecular complexity index is 975. The Labute approximate surface area is 152 Å². The Hall–Kier alpha value is -3.39. The minimum Gasteiger partial charge on any atom is -0.380 e. The molecule has 1 amide bonds. The van der Waals surface area contributed by atoms with Gasteiger partial charge in [0.05, 0.1) is 5.52 Å². The first-order chi connectivity index (χ1) is 12.7. The maximum atomic E-state index is 12.1. The molecule has 0 aliphatic rings. The van der Waals surface area contributed by atoms with Crippen LogP contribution in [0.15, 0.2) is 54.6 Å². The van der Waals surface area contributed by atoms with Crippen LogP contribution >= 0.6 is 0 Å². The van der Waals surface area contributed by atoms with Crippen molar-refractivity contribution >= 4 is 22.5 Å². The second kappa shape index (κ2) is 8.13. The van der Waals surface area contributed by atoms with Crippen molar-refractivity contribution in [1.29, 1.82) is 5.26 Å². The van der Waals surface area contributed by atoms with E-state index in [1.807, 2.05) is 55.5 Å². The monoisotopic (exact) mass is 344 g/mol. The van der Waals surface area contributed by atoms with E-state index in [0.29, 0.717) is 24.3 Å². The first kappa shape index (κ1) is 17.4. The van der Waals surface area contributed by atoms with Gasteiger partial charge >= 0.3 is 0 Å². The summed E-state index contributed by atoms with van der Waals surface area (Å²) in [4.78, 5) is 16.4. The Kier molecular flexibility index (Phi) is 5.45. The molecule has 0 spiro atoms. The topological polar surface area (TPSA) is 77.8 Å². The molecule has 3 aromatic rings. The van der Waals surface area contributed by atoms with Crippen LogP contribution in [0.2, 0.25) is 0 Å². The van der Waals surface area contributed by atoms with E-state index in [4.69, 9.17) is 0 Å². The summed E-state index contributed by atoms with van der Waals surface area (Å²) < 4.78 is 0. The first-order valence-corrected chi connectivity index (χ1v) is 8.62. The molecule has 5 nitrogen and oxygen atoms in total. The lowest BCUT2D eigenvalue weighted by Crippen LogP contribution is -2.24. The zero-order chi connectivity index (χ0) is 18.4. The van der Waals surface area contributed by atoms with Gasteiger partial charge in [-0.1, -0.05) is 37.3 Å². The fourth-order valence-electron chi connectivity index (χ4n) is 2.74. The Morgan fingerprint density at radius 3 is 2.81 bits per heavy atom. The summed E-state index contributed by atoms with van der Waals surface area (Å²) in [7, 11) is 0. The van der Waals surface area contributed by atoms with Gasteiger partial charge in [-0.2, -0.15) is 5.26 Å². The van der Waals surface area contributed by atoms with E-state index in [1.165, 1.54) is 0 Å². The van der Waals surface area contributed by atoms with Crippen molar-refractivity contribution in [2.24, 2.45) is 0 Å². The lowest BCUT2D eigenvalue weighted by molar-refractivity contribution is 0.0953. The van der Waals surface area contributed by atoms with Gasteiger partial charge in [0.2, 0.25) is 0 Å². The largest absolute Gasteiger partial charge is 0.380 e. The van der Waals surface area contributed by atoms with Gasteiger partial charge in [0.15, 0.2) is 0 Å². The number of carbonyl (C=O) groups excluding carboxylic acids is 1. The lowest BCUT2D eigenvalue weighted by Gasteiger charge is -2.11. The smallest absolute Gasteiger partial charge is 0.251 e. The van der Waals surface area contributed by atoms with Crippen molar-refractivity contribution in [3.8, 4) is 6.07 Å². The van der Waals surface area contributed by atoms with Crippen molar-refractivity contribution in [2.75, 3.05) is 11.9 Å². The number of benzene rings is 2. The zero-order valence-corrected chi connectivity index (χ0v) is 14.6. The molecule has 2 aromatic carbocycles. The van der Waals surface area contributed by atoms with Crippen LogP contribution in [0.3, 0.4) is 0 Å². The van der Waals surface area contributed by atoms with Gasteiger partial charge < -0.3 is 10.6 Å². The van der Waals surface area contributed by atoms with E-state index in [0.717, 1.165) is 28.6 Å². The summed E-state index contributed by atoms with van der Waals surface area (Å²) in [6.45, 7) is 3.24. The molecule has 0 aliphatic heterocycles. The molecule has 26 heavy (non-hydrogen) atoms. The number of pyridine rings is 1. The van der Waals surface area contributed by atoms with Crippen LogP contribution in [-0.4, -0.2) is 17.4 Å². The summed E-state index contributed by atoms with van der Waals surface area (Å²) in [5, 5.41) is 16.4. The molecule has 0 aliphatic carbocycles. The normalized spacial score (nSPS) is 10.3. The number of fused-ring (bicyclic) bond motifs is 1. The van der Waals surface area contributed by atoms with E-state index >= 15 is 0 Å². The van der Waals surface area contributed by atoms with E-state index < -0.39 is 0 Å². The fourth-order valence-corrected chi connectivity index (χ4v) is 2.74. The third-order valence-corrected chi connectivity index (χ3v) is 4.04. The minimum atomic E-state index is -0.0603. The van der Waals surface area contributed by atoms with E-state index in [1.54, 1.807) is 6.07 Å². The highest BCUT2D eigenvalue weighted by molar-refractivity contribution is 5.94. The molecule has 0 saturated carbocycles. The molecular formula is C21H20N4O. The second-order valence-corrected chi connectivity index (χ2v) is 5.99. The molecule has 0 fully saturated rings. The summed E-state index contributed by atoms with van der Waals surface area (Å²) >= 11 is 0. The maximum Gasteiger partial charge on any atom is 0.251 e. The second-order valence-electron chi connectivity index (χ2n) is 5.99. The molecular weight excluding hydrogens is 324 g/mol. The van der Waals surface area contributed by atoms with Gasteiger partial charge in [0, 0.05) is 29.7 Å². The molecule has 0 saturated heterocycles. The summed E-state index contributed by atoms with van der Waals surface area (Å²) in [6.07, 6.45) is 0.906. The molecule has 130 valence electrons. The predicted octanol–water partition coefficient (Wildman–Crippen LogP) is 3.86. The first-order valence-electron chi connectivity index (χ1n) is 8.62. The molecule has 1 aromatic heterocycles. The van der Waals surface area contributed by atoms with E-state index in [9.17, 15) is 10.1 Å². The molecule has 1 heterocycles. The average molecular weight is 344 g/mol. The van der Waals surface area contributed by atoms with Crippen molar-refractivity contribution in [3.63, 3.8) is 0 Å². The Balaban J connectivity index is 1.80. The number of rotatable bonds is 6.